The Bertz CT molecular complexity index is 297. The summed E-state index contributed by atoms with van der Waals surface area (Å²) in [5.41, 5.74) is 11.3. The second kappa shape index (κ2) is 3.00. The average molecular weight is 163 g/mol. The zero-order valence-corrected chi connectivity index (χ0v) is 6.33. The van der Waals surface area contributed by atoms with Gasteiger partial charge in [-0.05, 0) is 6.07 Å². The van der Waals surface area contributed by atoms with E-state index in [0.717, 1.165) is 0 Å². The van der Waals surface area contributed by atoms with Crippen LogP contribution in [0.3, 0.4) is 0 Å². The van der Waals surface area contributed by atoms with E-state index in [1.54, 1.807) is 6.07 Å². The van der Waals surface area contributed by atoms with Crippen molar-refractivity contribution in [3.8, 4) is 0 Å². The van der Waals surface area contributed by atoms with E-state index in [1.807, 2.05) is 0 Å². The first kappa shape index (κ1) is 8.19. The summed E-state index contributed by atoms with van der Waals surface area (Å²) in [6.07, 6.45) is 2.92. The zero-order valence-electron chi connectivity index (χ0n) is 6.33. The number of hydrogen-bond acceptors (Lipinski definition) is 3. The molecule has 0 aliphatic heterocycles. The fraction of sp³-hybridized carbons (Fsp3) is 0. The Hall–Kier alpha value is -1.91. The number of nitrogens with one attached hydrogen (secondary N) is 2. The van der Waals surface area contributed by atoms with Gasteiger partial charge >= 0.3 is 0 Å². The van der Waals surface area contributed by atoms with Crippen molar-refractivity contribution in [3.05, 3.63) is 29.6 Å². The molecule has 0 saturated heterocycles. The highest BCUT2D eigenvalue weighted by atomic mass is 14.8. The van der Waals surface area contributed by atoms with Crippen LogP contribution in [0.25, 0.3) is 0 Å². The van der Waals surface area contributed by atoms with Crippen molar-refractivity contribution >= 4 is 11.7 Å². The summed E-state index contributed by atoms with van der Waals surface area (Å²) in [5, 5.41) is 14.3. The Kier molecular flexibility index (Phi) is 2.05. The molecule has 1 aromatic rings. The zero-order chi connectivity index (χ0) is 9.14. The summed E-state index contributed by atoms with van der Waals surface area (Å²) < 4.78 is 0. The molecule has 62 valence electrons. The summed E-state index contributed by atoms with van der Waals surface area (Å²) >= 11 is 0. The van der Waals surface area contributed by atoms with Crippen molar-refractivity contribution in [2.24, 2.45) is 11.5 Å². The van der Waals surface area contributed by atoms with Crippen LogP contribution >= 0.6 is 0 Å². The molecule has 0 amide bonds. The highest BCUT2D eigenvalue weighted by Gasteiger charge is 2.06. The molecule has 0 aliphatic carbocycles. The fourth-order valence-corrected chi connectivity index (χ4v) is 0.844. The number of hydrogen-bond donors (Lipinski definition) is 4. The lowest BCUT2D eigenvalue weighted by atomic mass is 10.1. The van der Waals surface area contributed by atoms with Gasteiger partial charge < -0.3 is 11.5 Å². The summed E-state index contributed by atoms with van der Waals surface area (Å²) in [6.45, 7) is 0. The number of aromatic nitrogens is 1. The van der Waals surface area contributed by atoms with Crippen LogP contribution in [0.5, 0.6) is 0 Å². The van der Waals surface area contributed by atoms with Crippen molar-refractivity contribution in [2.45, 2.75) is 0 Å². The van der Waals surface area contributed by atoms with Crippen molar-refractivity contribution in [2.75, 3.05) is 0 Å². The minimum Gasteiger partial charge on any atom is -0.384 e. The van der Waals surface area contributed by atoms with Crippen molar-refractivity contribution < 1.29 is 0 Å². The van der Waals surface area contributed by atoms with Gasteiger partial charge in [-0.15, -0.1) is 0 Å². The van der Waals surface area contributed by atoms with Gasteiger partial charge in [0.15, 0.2) is 0 Å². The SMILES string of the molecule is N=C(N)c1ccncc1C(=N)N. The molecule has 0 unspecified atom stereocenters. The molecular weight excluding hydrogens is 154 g/mol. The summed E-state index contributed by atoms with van der Waals surface area (Å²) in [6, 6.07) is 1.55. The molecule has 1 rings (SSSR count). The number of amidine groups is 2. The lowest BCUT2D eigenvalue weighted by Crippen LogP contribution is -2.20. The minimum absolute atomic E-state index is 0.109. The maximum absolute atomic E-state index is 7.17. The smallest absolute Gasteiger partial charge is 0.125 e. The van der Waals surface area contributed by atoms with E-state index in [2.05, 4.69) is 4.98 Å². The van der Waals surface area contributed by atoms with E-state index in [9.17, 15) is 0 Å². The van der Waals surface area contributed by atoms with E-state index in [4.69, 9.17) is 22.3 Å². The molecule has 0 saturated carbocycles. The first-order valence-corrected chi connectivity index (χ1v) is 3.25. The molecular formula is C7H9N5. The maximum atomic E-state index is 7.17. The normalized spacial score (nSPS) is 9.33. The maximum Gasteiger partial charge on any atom is 0.125 e. The molecule has 5 nitrogen and oxygen atoms in total. The molecule has 0 spiro atoms. The number of rotatable bonds is 2. The van der Waals surface area contributed by atoms with Gasteiger partial charge in [-0.2, -0.15) is 0 Å². The third kappa shape index (κ3) is 1.39. The standard InChI is InChI=1S/C7H9N5/c8-6(9)4-1-2-12-3-5(4)7(10)11/h1-3H,(H3,8,9)(H3,10,11). The highest BCUT2D eigenvalue weighted by Crippen LogP contribution is 2.03. The number of nitrogen functional groups attached to an aromatic ring is 2. The first-order valence-electron chi connectivity index (χ1n) is 3.25. The lowest BCUT2D eigenvalue weighted by molar-refractivity contribution is 1.27. The average Bonchev–Trinajstić information content (AvgIpc) is 2.04. The molecule has 0 bridgehead atoms. The Morgan fingerprint density at radius 2 is 1.75 bits per heavy atom. The van der Waals surface area contributed by atoms with Crippen molar-refractivity contribution in [1.29, 1.82) is 10.8 Å². The Morgan fingerprint density at radius 3 is 2.17 bits per heavy atom. The molecule has 1 heterocycles. The Balaban J connectivity index is 3.27. The van der Waals surface area contributed by atoms with Crippen LogP contribution in [0.15, 0.2) is 18.5 Å². The van der Waals surface area contributed by atoms with Crippen molar-refractivity contribution in [3.63, 3.8) is 0 Å². The summed E-state index contributed by atoms with van der Waals surface area (Å²) in [4.78, 5) is 3.78. The molecule has 12 heavy (non-hydrogen) atoms. The van der Waals surface area contributed by atoms with Crippen molar-refractivity contribution in [1.82, 2.24) is 4.98 Å². The van der Waals surface area contributed by atoms with E-state index >= 15 is 0 Å². The van der Waals surface area contributed by atoms with Gasteiger partial charge in [0.25, 0.3) is 0 Å². The van der Waals surface area contributed by atoms with Crippen LogP contribution in [-0.4, -0.2) is 16.7 Å². The first-order chi connectivity index (χ1) is 5.63. The predicted molar refractivity (Wildman–Crippen MR) is 46.3 cm³/mol. The van der Waals surface area contributed by atoms with Gasteiger partial charge in [-0.1, -0.05) is 0 Å². The van der Waals surface area contributed by atoms with Crippen LogP contribution in [0.4, 0.5) is 0 Å². The molecule has 0 radical (unpaired) electrons. The van der Waals surface area contributed by atoms with Crippen LogP contribution in [0.2, 0.25) is 0 Å². The van der Waals surface area contributed by atoms with Gasteiger partial charge in [-0.25, -0.2) is 0 Å². The van der Waals surface area contributed by atoms with E-state index < -0.39 is 0 Å². The predicted octanol–water partition coefficient (Wildman–Crippen LogP) is -0.350. The number of nitrogens with two attached hydrogens (primary N) is 2. The third-order valence-corrected chi connectivity index (χ3v) is 1.40. The number of nitrogens with zero attached hydrogens (tertiary/aromatic N) is 1. The molecule has 0 aromatic carbocycles. The Labute approximate surface area is 69.4 Å². The second-order valence-electron chi connectivity index (χ2n) is 2.25. The van der Waals surface area contributed by atoms with Gasteiger partial charge in [0.05, 0.1) is 0 Å². The molecule has 6 N–H and O–H groups in total. The van der Waals surface area contributed by atoms with E-state index in [-0.39, 0.29) is 11.7 Å². The minimum atomic E-state index is -0.131. The largest absolute Gasteiger partial charge is 0.384 e. The van der Waals surface area contributed by atoms with Gasteiger partial charge in [-0.3, -0.25) is 15.8 Å². The van der Waals surface area contributed by atoms with E-state index in [0.29, 0.717) is 11.1 Å². The van der Waals surface area contributed by atoms with Crippen LogP contribution in [-0.2, 0) is 0 Å². The molecule has 0 atom stereocenters. The third-order valence-electron chi connectivity index (χ3n) is 1.40. The lowest BCUT2D eigenvalue weighted by Gasteiger charge is -2.03. The quantitative estimate of drug-likeness (QED) is 0.353. The van der Waals surface area contributed by atoms with E-state index in [1.165, 1.54) is 12.4 Å². The van der Waals surface area contributed by atoms with Crippen LogP contribution in [0.1, 0.15) is 11.1 Å². The van der Waals surface area contributed by atoms with Gasteiger partial charge in [0.1, 0.15) is 11.7 Å². The Morgan fingerprint density at radius 1 is 1.17 bits per heavy atom. The highest BCUT2D eigenvalue weighted by molar-refractivity contribution is 6.07. The van der Waals surface area contributed by atoms with Crippen LogP contribution < -0.4 is 11.5 Å². The molecule has 5 heteroatoms. The summed E-state index contributed by atoms with van der Waals surface area (Å²) in [5.74, 6) is -0.240. The fourth-order valence-electron chi connectivity index (χ4n) is 0.844. The molecule has 1 aromatic heterocycles. The van der Waals surface area contributed by atoms with Crippen LogP contribution in [0, 0.1) is 10.8 Å². The topological polar surface area (TPSA) is 113 Å². The van der Waals surface area contributed by atoms with Gasteiger partial charge in [0, 0.05) is 23.5 Å². The second-order valence-corrected chi connectivity index (χ2v) is 2.25. The molecule has 0 fully saturated rings. The molecule has 0 aliphatic rings. The van der Waals surface area contributed by atoms with Gasteiger partial charge in [0.2, 0.25) is 0 Å². The monoisotopic (exact) mass is 163 g/mol. The number of pyridine rings is 1. The summed E-state index contributed by atoms with van der Waals surface area (Å²) in [7, 11) is 0.